The molecule has 2 N–H and O–H groups in total. The lowest BCUT2D eigenvalue weighted by molar-refractivity contribution is 0.0730. The molecule has 27 heavy (non-hydrogen) atoms. The number of nitrogens with one attached hydrogen (secondary N) is 2. The van der Waals surface area contributed by atoms with E-state index in [9.17, 15) is 8.42 Å². The number of thiocarbonyl (C=S) groups is 1. The molecule has 0 aromatic heterocycles. The van der Waals surface area contributed by atoms with Crippen molar-refractivity contribution in [2.75, 3.05) is 31.6 Å². The highest BCUT2D eigenvalue weighted by molar-refractivity contribution is 7.89. The van der Waals surface area contributed by atoms with Gasteiger partial charge in [0.05, 0.1) is 18.1 Å². The van der Waals surface area contributed by atoms with Crippen molar-refractivity contribution in [2.45, 2.75) is 11.4 Å². The number of morpholine rings is 1. The van der Waals surface area contributed by atoms with E-state index in [4.69, 9.17) is 28.6 Å². The van der Waals surface area contributed by atoms with Gasteiger partial charge in [0.2, 0.25) is 10.0 Å². The van der Waals surface area contributed by atoms with E-state index in [1.165, 1.54) is 4.31 Å². The summed E-state index contributed by atoms with van der Waals surface area (Å²) < 4.78 is 32.2. The molecular formula is C18H20ClN3O3S2. The number of ether oxygens (including phenoxy) is 1. The zero-order chi connectivity index (χ0) is 19.3. The molecule has 0 radical (unpaired) electrons. The number of hydrogen-bond acceptors (Lipinski definition) is 4. The summed E-state index contributed by atoms with van der Waals surface area (Å²) in [4.78, 5) is 0.231. The first-order valence-electron chi connectivity index (χ1n) is 8.42. The molecule has 9 heteroatoms. The fraction of sp³-hybridized carbons (Fsp3) is 0.278. The smallest absolute Gasteiger partial charge is 0.243 e. The molecule has 0 atom stereocenters. The fourth-order valence-corrected chi connectivity index (χ4v) is 4.40. The van der Waals surface area contributed by atoms with Gasteiger partial charge in [0.25, 0.3) is 0 Å². The third-order valence-corrected chi connectivity index (χ3v) is 6.46. The van der Waals surface area contributed by atoms with E-state index >= 15 is 0 Å². The first kappa shape index (κ1) is 20.0. The highest BCUT2D eigenvalue weighted by Crippen LogP contribution is 2.20. The minimum absolute atomic E-state index is 0.231. The zero-order valence-electron chi connectivity index (χ0n) is 14.5. The van der Waals surface area contributed by atoms with Crippen LogP contribution in [0.3, 0.4) is 0 Å². The molecule has 6 nitrogen and oxygen atoms in total. The SMILES string of the molecule is O=S(=O)(c1cccc(NC(=S)NCc2ccc(Cl)cc2)c1)N1CCOCC1. The number of hydrogen-bond donors (Lipinski definition) is 2. The van der Waals surface area contributed by atoms with Crippen molar-refractivity contribution < 1.29 is 13.2 Å². The van der Waals surface area contributed by atoms with Gasteiger partial charge in [0, 0.05) is 30.3 Å². The van der Waals surface area contributed by atoms with Crippen LogP contribution in [0, 0.1) is 0 Å². The van der Waals surface area contributed by atoms with Crippen LogP contribution in [0.1, 0.15) is 5.56 Å². The molecule has 1 saturated heterocycles. The number of nitrogens with zero attached hydrogens (tertiary/aromatic N) is 1. The first-order chi connectivity index (χ1) is 12.9. The maximum absolute atomic E-state index is 12.7. The van der Waals surface area contributed by atoms with Gasteiger partial charge in [-0.2, -0.15) is 4.31 Å². The highest BCUT2D eigenvalue weighted by atomic mass is 35.5. The Morgan fingerprint density at radius 2 is 1.85 bits per heavy atom. The second-order valence-corrected chi connectivity index (χ2v) is 8.76. The lowest BCUT2D eigenvalue weighted by atomic mass is 10.2. The number of rotatable bonds is 5. The van der Waals surface area contributed by atoms with E-state index in [1.54, 1.807) is 24.3 Å². The quantitative estimate of drug-likeness (QED) is 0.718. The Balaban J connectivity index is 1.63. The van der Waals surface area contributed by atoms with Gasteiger partial charge in [0.1, 0.15) is 0 Å². The van der Waals surface area contributed by atoms with E-state index in [0.717, 1.165) is 5.56 Å². The predicted molar refractivity (Wildman–Crippen MR) is 111 cm³/mol. The summed E-state index contributed by atoms with van der Waals surface area (Å²) in [6, 6.07) is 14.1. The molecule has 0 spiro atoms. The molecule has 0 aliphatic carbocycles. The summed E-state index contributed by atoms with van der Waals surface area (Å²) in [6.45, 7) is 2.09. The van der Waals surface area contributed by atoms with E-state index in [0.29, 0.717) is 48.7 Å². The van der Waals surface area contributed by atoms with Crippen molar-refractivity contribution in [3.63, 3.8) is 0 Å². The van der Waals surface area contributed by atoms with Crippen molar-refractivity contribution in [2.24, 2.45) is 0 Å². The Bertz CT molecular complexity index is 898. The van der Waals surface area contributed by atoms with Gasteiger partial charge < -0.3 is 15.4 Å². The number of halogens is 1. The van der Waals surface area contributed by atoms with Crippen LogP contribution in [0.4, 0.5) is 5.69 Å². The maximum Gasteiger partial charge on any atom is 0.243 e. The molecule has 144 valence electrons. The van der Waals surface area contributed by atoms with E-state index in [-0.39, 0.29) is 4.90 Å². The van der Waals surface area contributed by atoms with Crippen LogP contribution in [0.2, 0.25) is 5.02 Å². The minimum atomic E-state index is -3.54. The second kappa shape index (κ2) is 8.99. The van der Waals surface area contributed by atoms with Crippen LogP contribution in [-0.2, 0) is 21.3 Å². The highest BCUT2D eigenvalue weighted by Gasteiger charge is 2.26. The molecule has 1 aliphatic rings. The summed E-state index contributed by atoms with van der Waals surface area (Å²) in [5.74, 6) is 0. The summed E-state index contributed by atoms with van der Waals surface area (Å²) in [5, 5.41) is 7.20. The Morgan fingerprint density at radius 3 is 2.56 bits per heavy atom. The molecule has 0 bridgehead atoms. The number of anilines is 1. The Hall–Kier alpha value is -1.71. The van der Waals surface area contributed by atoms with Gasteiger partial charge in [-0.05, 0) is 48.1 Å². The first-order valence-corrected chi connectivity index (χ1v) is 10.6. The summed E-state index contributed by atoms with van der Waals surface area (Å²) >= 11 is 11.2. The van der Waals surface area contributed by atoms with Crippen molar-refractivity contribution in [1.29, 1.82) is 0 Å². The monoisotopic (exact) mass is 425 g/mol. The van der Waals surface area contributed by atoms with Crippen LogP contribution in [0.15, 0.2) is 53.4 Å². The molecule has 1 fully saturated rings. The topological polar surface area (TPSA) is 70.7 Å². The van der Waals surface area contributed by atoms with Gasteiger partial charge in [-0.1, -0.05) is 29.8 Å². The Labute approximate surface area is 169 Å². The van der Waals surface area contributed by atoms with Gasteiger partial charge in [-0.3, -0.25) is 0 Å². The summed E-state index contributed by atoms with van der Waals surface area (Å²) in [7, 11) is -3.54. The van der Waals surface area contributed by atoms with Crippen LogP contribution < -0.4 is 10.6 Å². The maximum atomic E-state index is 12.7. The normalized spacial score (nSPS) is 15.3. The van der Waals surface area contributed by atoms with Gasteiger partial charge in [-0.25, -0.2) is 8.42 Å². The average molecular weight is 426 g/mol. The van der Waals surface area contributed by atoms with E-state index in [1.807, 2.05) is 24.3 Å². The van der Waals surface area contributed by atoms with Crippen LogP contribution in [0.5, 0.6) is 0 Å². The van der Waals surface area contributed by atoms with E-state index < -0.39 is 10.0 Å². The summed E-state index contributed by atoms with van der Waals surface area (Å²) in [5.41, 5.74) is 1.64. The van der Waals surface area contributed by atoms with Gasteiger partial charge in [0.15, 0.2) is 5.11 Å². The van der Waals surface area contributed by atoms with Gasteiger partial charge in [-0.15, -0.1) is 0 Å². The second-order valence-electron chi connectivity index (χ2n) is 5.98. The van der Waals surface area contributed by atoms with Crippen molar-refractivity contribution in [3.05, 3.63) is 59.1 Å². The molecule has 0 amide bonds. The molecule has 2 aromatic carbocycles. The molecule has 0 saturated carbocycles. The fourth-order valence-electron chi connectivity index (χ4n) is 2.63. The molecule has 3 rings (SSSR count). The van der Waals surface area contributed by atoms with Crippen molar-refractivity contribution in [3.8, 4) is 0 Å². The Morgan fingerprint density at radius 1 is 1.15 bits per heavy atom. The third-order valence-electron chi connectivity index (χ3n) is 4.07. The Kier molecular flexibility index (Phi) is 6.67. The van der Waals surface area contributed by atoms with Crippen LogP contribution in [-0.4, -0.2) is 44.1 Å². The zero-order valence-corrected chi connectivity index (χ0v) is 16.9. The molecule has 1 aliphatic heterocycles. The summed E-state index contributed by atoms with van der Waals surface area (Å²) in [6.07, 6.45) is 0. The molecule has 2 aromatic rings. The third kappa shape index (κ3) is 5.40. The largest absolute Gasteiger partial charge is 0.379 e. The predicted octanol–water partition coefficient (Wildman–Crippen LogP) is 2.85. The molecular weight excluding hydrogens is 406 g/mol. The lowest BCUT2D eigenvalue weighted by Crippen LogP contribution is -2.40. The van der Waals surface area contributed by atoms with Crippen LogP contribution in [0.25, 0.3) is 0 Å². The van der Waals surface area contributed by atoms with Crippen LogP contribution >= 0.6 is 23.8 Å². The number of sulfonamides is 1. The standard InChI is InChI=1S/C18H20ClN3O3S2/c19-15-6-4-14(5-7-15)13-20-18(26)21-16-2-1-3-17(12-16)27(23,24)22-8-10-25-11-9-22/h1-7,12H,8-11,13H2,(H2,20,21,26). The van der Waals surface area contributed by atoms with E-state index in [2.05, 4.69) is 10.6 Å². The van der Waals surface area contributed by atoms with Crippen molar-refractivity contribution >= 4 is 44.6 Å². The number of benzene rings is 2. The minimum Gasteiger partial charge on any atom is -0.379 e. The lowest BCUT2D eigenvalue weighted by Gasteiger charge is -2.26. The average Bonchev–Trinajstić information content (AvgIpc) is 2.68. The molecule has 0 unspecified atom stereocenters. The molecule has 1 heterocycles. The van der Waals surface area contributed by atoms with Gasteiger partial charge >= 0.3 is 0 Å². The van der Waals surface area contributed by atoms with Crippen molar-refractivity contribution in [1.82, 2.24) is 9.62 Å².